The summed E-state index contributed by atoms with van der Waals surface area (Å²) in [7, 11) is 0. The molecule has 2 unspecified atom stereocenters. The number of fused-ring (bicyclic) bond motifs is 3. The van der Waals surface area contributed by atoms with Crippen LogP contribution < -0.4 is 10.6 Å². The third-order valence-corrected chi connectivity index (χ3v) is 7.09. The van der Waals surface area contributed by atoms with E-state index >= 15 is 0 Å². The van der Waals surface area contributed by atoms with Gasteiger partial charge in [0.25, 0.3) is 0 Å². The summed E-state index contributed by atoms with van der Waals surface area (Å²) in [6.07, 6.45) is 3.24. The molecule has 200 valence electrons. The molecule has 6 rings (SSSR count). The summed E-state index contributed by atoms with van der Waals surface area (Å²) >= 11 is 0. The molecule has 1 saturated heterocycles. The van der Waals surface area contributed by atoms with Gasteiger partial charge in [-0.2, -0.15) is 5.10 Å². The van der Waals surface area contributed by atoms with Crippen LogP contribution in [0.15, 0.2) is 83.5 Å². The van der Waals surface area contributed by atoms with Crippen molar-refractivity contribution in [2.24, 2.45) is 0 Å². The minimum atomic E-state index is -0.451. The predicted molar refractivity (Wildman–Crippen MR) is 149 cm³/mol. The van der Waals surface area contributed by atoms with Crippen LogP contribution in [0.5, 0.6) is 0 Å². The van der Waals surface area contributed by atoms with Crippen LogP contribution in [0.1, 0.15) is 30.0 Å². The van der Waals surface area contributed by atoms with Crippen LogP contribution >= 0.6 is 0 Å². The molecule has 39 heavy (non-hydrogen) atoms. The molecule has 5 aromatic rings. The van der Waals surface area contributed by atoms with Crippen molar-refractivity contribution in [3.05, 3.63) is 96.1 Å². The second kappa shape index (κ2) is 11.3. The van der Waals surface area contributed by atoms with Gasteiger partial charge in [-0.15, -0.1) is 0 Å². The lowest BCUT2D eigenvalue weighted by Crippen LogP contribution is -2.45. The number of hydrogen-bond acceptors (Lipinski definition) is 7. The fraction of sp³-hybridized carbons (Fsp3) is 0.300. The lowest BCUT2D eigenvalue weighted by Gasteiger charge is -2.33. The van der Waals surface area contributed by atoms with E-state index in [4.69, 9.17) is 9.15 Å². The SMILES string of the molecule is CC(Cn1ncc2ccc3oc(C(c4ccccn4)N4CCNCC4)cc3c21)NC(=O)OCc1ccccc1. The number of carbonyl (C=O) groups is 1. The average molecular weight is 525 g/mol. The van der Waals surface area contributed by atoms with E-state index in [1.165, 1.54) is 0 Å². The average Bonchev–Trinajstić information content (AvgIpc) is 3.57. The minimum Gasteiger partial charge on any atom is -0.459 e. The maximum atomic E-state index is 12.4. The summed E-state index contributed by atoms with van der Waals surface area (Å²) in [4.78, 5) is 19.5. The molecule has 2 N–H and O–H groups in total. The number of nitrogens with one attached hydrogen (secondary N) is 2. The molecule has 0 saturated carbocycles. The summed E-state index contributed by atoms with van der Waals surface area (Å²) < 4.78 is 13.8. The molecule has 0 spiro atoms. The van der Waals surface area contributed by atoms with Gasteiger partial charge in [0.15, 0.2) is 0 Å². The summed E-state index contributed by atoms with van der Waals surface area (Å²) in [5.74, 6) is 0.863. The first-order valence-electron chi connectivity index (χ1n) is 13.4. The summed E-state index contributed by atoms with van der Waals surface area (Å²) in [6, 6.07) is 21.5. The van der Waals surface area contributed by atoms with Gasteiger partial charge >= 0.3 is 6.09 Å². The fourth-order valence-corrected chi connectivity index (χ4v) is 5.25. The second-order valence-electron chi connectivity index (χ2n) is 9.94. The summed E-state index contributed by atoms with van der Waals surface area (Å²) in [5, 5.41) is 13.0. The Morgan fingerprint density at radius 2 is 1.92 bits per heavy atom. The molecular weight excluding hydrogens is 492 g/mol. The third kappa shape index (κ3) is 5.50. The molecule has 9 heteroatoms. The zero-order valence-corrected chi connectivity index (χ0v) is 21.9. The van der Waals surface area contributed by atoms with Gasteiger partial charge in [0.1, 0.15) is 24.0 Å². The Morgan fingerprint density at radius 1 is 1.10 bits per heavy atom. The number of rotatable bonds is 8. The number of piperazine rings is 1. The van der Waals surface area contributed by atoms with Crippen LogP contribution in [-0.2, 0) is 17.9 Å². The molecular formula is C30H32N6O3. The van der Waals surface area contributed by atoms with Crippen LogP contribution in [0.4, 0.5) is 4.79 Å². The van der Waals surface area contributed by atoms with Crippen molar-refractivity contribution in [1.82, 2.24) is 30.3 Å². The van der Waals surface area contributed by atoms with Crippen molar-refractivity contribution in [2.45, 2.75) is 32.2 Å². The molecule has 0 radical (unpaired) electrons. The Balaban J connectivity index is 1.25. The maximum absolute atomic E-state index is 12.4. The second-order valence-corrected chi connectivity index (χ2v) is 9.94. The molecule has 1 aliphatic rings. The van der Waals surface area contributed by atoms with Crippen molar-refractivity contribution in [3.8, 4) is 0 Å². The number of pyridine rings is 1. The van der Waals surface area contributed by atoms with E-state index < -0.39 is 6.09 Å². The molecule has 3 aromatic heterocycles. The number of furan rings is 1. The van der Waals surface area contributed by atoms with E-state index in [0.29, 0.717) is 6.54 Å². The van der Waals surface area contributed by atoms with Gasteiger partial charge in [0.2, 0.25) is 0 Å². The first kappa shape index (κ1) is 25.1. The highest BCUT2D eigenvalue weighted by Gasteiger charge is 2.28. The summed E-state index contributed by atoms with van der Waals surface area (Å²) in [6.45, 7) is 6.35. The highest BCUT2D eigenvalue weighted by molar-refractivity contribution is 6.03. The highest BCUT2D eigenvalue weighted by atomic mass is 16.5. The molecule has 4 heterocycles. The van der Waals surface area contributed by atoms with E-state index in [2.05, 4.69) is 37.7 Å². The number of aromatic nitrogens is 3. The zero-order valence-electron chi connectivity index (χ0n) is 21.9. The molecule has 9 nitrogen and oxygen atoms in total. The molecule has 0 bridgehead atoms. The predicted octanol–water partition coefficient (Wildman–Crippen LogP) is 4.49. The highest BCUT2D eigenvalue weighted by Crippen LogP contribution is 2.35. The number of ether oxygens (including phenoxy) is 1. The van der Waals surface area contributed by atoms with Gasteiger partial charge in [0.05, 0.1) is 24.0 Å². The van der Waals surface area contributed by atoms with E-state index in [-0.39, 0.29) is 18.7 Å². The van der Waals surface area contributed by atoms with Gasteiger partial charge in [-0.05, 0) is 42.8 Å². The molecule has 2 aromatic carbocycles. The normalized spacial score (nSPS) is 15.8. The number of nitrogens with zero attached hydrogens (tertiary/aromatic N) is 4. The standard InChI is InChI=1S/C30H32N6O3/c1-21(34-30(37)38-20-22-7-3-2-4-8-22)19-36-28-23(18-33-36)10-11-26-24(28)17-27(39-26)29(25-9-5-6-12-32-25)35-15-13-31-14-16-35/h2-12,17-18,21,29,31H,13-16,19-20H2,1H3,(H,34,37). The third-order valence-electron chi connectivity index (χ3n) is 7.09. The lowest BCUT2D eigenvalue weighted by molar-refractivity contribution is 0.135. The van der Waals surface area contributed by atoms with Crippen LogP contribution in [0.25, 0.3) is 21.9 Å². The smallest absolute Gasteiger partial charge is 0.407 e. The Hall–Kier alpha value is -4.21. The number of amides is 1. The van der Waals surface area contributed by atoms with Crippen LogP contribution in [-0.4, -0.2) is 58.0 Å². The van der Waals surface area contributed by atoms with Crippen LogP contribution in [0.3, 0.4) is 0 Å². The monoisotopic (exact) mass is 524 g/mol. The van der Waals surface area contributed by atoms with Gasteiger partial charge < -0.3 is 19.8 Å². The van der Waals surface area contributed by atoms with Gasteiger partial charge in [-0.3, -0.25) is 14.6 Å². The largest absolute Gasteiger partial charge is 0.459 e. The van der Waals surface area contributed by atoms with Crippen molar-refractivity contribution in [2.75, 3.05) is 26.2 Å². The quantitative estimate of drug-likeness (QED) is 0.309. The van der Waals surface area contributed by atoms with E-state index in [0.717, 1.165) is 65.1 Å². The number of carbonyl (C=O) groups excluding carboxylic acids is 1. The van der Waals surface area contributed by atoms with Gasteiger partial charge in [-0.25, -0.2) is 4.79 Å². The minimum absolute atomic E-state index is 0.0768. The van der Waals surface area contributed by atoms with Gasteiger partial charge in [-0.1, -0.05) is 36.4 Å². The Morgan fingerprint density at radius 3 is 2.72 bits per heavy atom. The lowest BCUT2D eigenvalue weighted by atomic mass is 10.1. The molecule has 1 amide bonds. The van der Waals surface area contributed by atoms with Crippen molar-refractivity contribution < 1.29 is 13.9 Å². The zero-order chi connectivity index (χ0) is 26.6. The van der Waals surface area contributed by atoms with Crippen molar-refractivity contribution in [3.63, 3.8) is 0 Å². The molecule has 1 fully saturated rings. The summed E-state index contributed by atoms with van der Waals surface area (Å²) in [5.41, 5.74) is 3.70. The van der Waals surface area contributed by atoms with E-state index in [1.807, 2.05) is 78.6 Å². The number of hydrogen-bond donors (Lipinski definition) is 2. The maximum Gasteiger partial charge on any atom is 0.407 e. The number of alkyl carbamates (subject to hydrolysis) is 1. The van der Waals surface area contributed by atoms with Gasteiger partial charge in [0, 0.05) is 49.2 Å². The first-order valence-corrected chi connectivity index (χ1v) is 13.4. The van der Waals surface area contributed by atoms with Crippen molar-refractivity contribution >= 4 is 28.0 Å². The van der Waals surface area contributed by atoms with E-state index in [9.17, 15) is 4.79 Å². The Labute approximate surface area is 226 Å². The molecule has 0 aliphatic carbocycles. The van der Waals surface area contributed by atoms with Crippen LogP contribution in [0, 0.1) is 0 Å². The Kier molecular flexibility index (Phi) is 7.25. The molecule has 2 atom stereocenters. The van der Waals surface area contributed by atoms with Crippen molar-refractivity contribution in [1.29, 1.82) is 0 Å². The fourth-order valence-electron chi connectivity index (χ4n) is 5.25. The number of benzene rings is 2. The topological polar surface area (TPSA) is 97.5 Å². The first-order chi connectivity index (χ1) is 19.2. The van der Waals surface area contributed by atoms with Crippen LogP contribution in [0.2, 0.25) is 0 Å². The Bertz CT molecular complexity index is 1540. The molecule has 1 aliphatic heterocycles. The van der Waals surface area contributed by atoms with E-state index in [1.54, 1.807) is 0 Å².